The number of aromatic nitrogens is 4. The maximum atomic E-state index is 14.7. The Bertz CT molecular complexity index is 1260. The zero-order valence-corrected chi connectivity index (χ0v) is 15.3. The lowest BCUT2D eigenvalue weighted by molar-refractivity contribution is -0.117. The fourth-order valence-corrected chi connectivity index (χ4v) is 3.70. The third-order valence-corrected chi connectivity index (χ3v) is 5.37. The lowest BCUT2D eigenvalue weighted by atomic mass is 9.94. The fourth-order valence-electron chi connectivity index (χ4n) is 3.70. The number of alkyl halides is 1. The summed E-state index contributed by atoms with van der Waals surface area (Å²) in [6.45, 7) is 3.48. The van der Waals surface area contributed by atoms with Gasteiger partial charge in [-0.3, -0.25) is 9.89 Å². The monoisotopic (exact) mass is 381 g/mol. The van der Waals surface area contributed by atoms with Crippen LogP contribution in [0.4, 0.5) is 14.6 Å². The van der Waals surface area contributed by atoms with Gasteiger partial charge in [0.15, 0.2) is 5.82 Å². The van der Waals surface area contributed by atoms with Crippen molar-refractivity contribution in [3.63, 3.8) is 0 Å². The summed E-state index contributed by atoms with van der Waals surface area (Å²) in [6.07, 6.45) is 2.65. The van der Waals surface area contributed by atoms with E-state index in [4.69, 9.17) is 0 Å². The van der Waals surface area contributed by atoms with Crippen LogP contribution in [0.1, 0.15) is 17.5 Å². The second kappa shape index (κ2) is 5.85. The van der Waals surface area contributed by atoms with Gasteiger partial charge in [0.25, 0.3) is 0 Å². The molecule has 3 heterocycles. The summed E-state index contributed by atoms with van der Waals surface area (Å²) in [6, 6.07) is 5.43. The van der Waals surface area contributed by atoms with E-state index >= 15 is 0 Å². The van der Waals surface area contributed by atoms with Crippen LogP contribution in [0.5, 0.6) is 0 Å². The number of fused-ring (bicyclic) bond motifs is 2. The van der Waals surface area contributed by atoms with Gasteiger partial charge in [-0.05, 0) is 49.1 Å². The van der Waals surface area contributed by atoms with E-state index < -0.39 is 12.1 Å². The van der Waals surface area contributed by atoms with E-state index in [0.717, 1.165) is 22.0 Å². The number of hydrogen-bond acceptors (Lipinski definition) is 3. The fraction of sp³-hybridized carbons (Fsp3) is 0.250. The Hall–Kier alpha value is -3.29. The van der Waals surface area contributed by atoms with Gasteiger partial charge in [0.2, 0.25) is 5.91 Å². The normalized spacial score (nSPS) is 18.7. The predicted octanol–water partition coefficient (Wildman–Crippen LogP) is 3.93. The van der Waals surface area contributed by atoms with Crippen molar-refractivity contribution < 1.29 is 13.6 Å². The van der Waals surface area contributed by atoms with Crippen molar-refractivity contribution in [2.24, 2.45) is 5.92 Å². The van der Waals surface area contributed by atoms with Gasteiger partial charge in [0.1, 0.15) is 12.0 Å². The topological polar surface area (TPSA) is 75.1 Å². The molecular formula is C20H17F2N5O. The molecule has 2 N–H and O–H groups in total. The number of anilines is 1. The molecule has 1 amide bonds. The zero-order valence-electron chi connectivity index (χ0n) is 15.3. The molecule has 3 aromatic heterocycles. The Labute approximate surface area is 158 Å². The van der Waals surface area contributed by atoms with E-state index in [1.165, 1.54) is 0 Å². The highest BCUT2D eigenvalue weighted by Crippen LogP contribution is 2.36. The number of nitrogens with zero attached hydrogens (tertiary/aromatic N) is 3. The van der Waals surface area contributed by atoms with E-state index in [1.807, 2.05) is 12.1 Å². The molecule has 1 aliphatic carbocycles. The Morgan fingerprint density at radius 2 is 2.11 bits per heavy atom. The van der Waals surface area contributed by atoms with Crippen LogP contribution in [0.3, 0.4) is 0 Å². The van der Waals surface area contributed by atoms with Crippen LogP contribution in [-0.4, -0.2) is 31.9 Å². The van der Waals surface area contributed by atoms with Crippen LogP contribution in [0.2, 0.25) is 0 Å². The van der Waals surface area contributed by atoms with E-state index in [0.29, 0.717) is 22.5 Å². The SMILES string of the molecule is Cc1c(F)c(C)c2[nH]ncc2c1-c1ccn2nc(NC(=O)C3CC3F)cc2c1. The average Bonchev–Trinajstić information content (AvgIpc) is 3.06. The summed E-state index contributed by atoms with van der Waals surface area (Å²) in [5.74, 6) is -0.833. The van der Waals surface area contributed by atoms with Gasteiger partial charge in [-0.15, -0.1) is 0 Å². The molecule has 1 fully saturated rings. The Morgan fingerprint density at radius 1 is 1.32 bits per heavy atom. The molecule has 2 atom stereocenters. The smallest absolute Gasteiger partial charge is 0.231 e. The van der Waals surface area contributed by atoms with E-state index in [2.05, 4.69) is 20.6 Å². The predicted molar refractivity (Wildman–Crippen MR) is 101 cm³/mol. The van der Waals surface area contributed by atoms with Gasteiger partial charge < -0.3 is 5.32 Å². The molecule has 0 radical (unpaired) electrons. The van der Waals surface area contributed by atoms with Gasteiger partial charge in [-0.2, -0.15) is 10.2 Å². The minimum atomic E-state index is -1.06. The minimum absolute atomic E-state index is 0.265. The summed E-state index contributed by atoms with van der Waals surface area (Å²) in [7, 11) is 0. The molecule has 0 bridgehead atoms. The van der Waals surface area contributed by atoms with Crippen molar-refractivity contribution >= 4 is 28.1 Å². The van der Waals surface area contributed by atoms with Gasteiger partial charge in [-0.25, -0.2) is 13.3 Å². The minimum Gasteiger partial charge on any atom is -0.309 e. The molecule has 0 spiro atoms. The largest absolute Gasteiger partial charge is 0.309 e. The number of aromatic amines is 1. The van der Waals surface area contributed by atoms with Gasteiger partial charge >= 0.3 is 0 Å². The van der Waals surface area contributed by atoms with E-state index in [9.17, 15) is 13.6 Å². The molecule has 1 saturated carbocycles. The van der Waals surface area contributed by atoms with Crippen LogP contribution >= 0.6 is 0 Å². The van der Waals surface area contributed by atoms with Crippen molar-refractivity contribution in [3.8, 4) is 11.1 Å². The lowest BCUT2D eigenvalue weighted by Gasteiger charge is -2.12. The number of H-pyrrole nitrogens is 1. The van der Waals surface area contributed by atoms with Crippen molar-refractivity contribution in [3.05, 3.63) is 47.5 Å². The first-order valence-corrected chi connectivity index (χ1v) is 9.00. The number of carbonyl (C=O) groups is 1. The standard InChI is InChI=1S/C20H17F2N5O/c1-9-17(14-8-23-25-19(14)10(2)18(9)22)11-3-4-27-12(5-11)6-16(26-27)24-20(28)13-7-15(13)21/h3-6,8,13,15H,7H2,1-2H3,(H,23,25)(H,24,26,28). The molecule has 28 heavy (non-hydrogen) atoms. The van der Waals surface area contributed by atoms with Crippen LogP contribution in [0, 0.1) is 25.6 Å². The number of amides is 1. The maximum Gasteiger partial charge on any atom is 0.231 e. The quantitative estimate of drug-likeness (QED) is 0.565. The molecule has 6 nitrogen and oxygen atoms in total. The molecule has 1 aromatic carbocycles. The van der Waals surface area contributed by atoms with Crippen molar-refractivity contribution in [2.45, 2.75) is 26.4 Å². The summed E-state index contributed by atoms with van der Waals surface area (Å²) < 4.78 is 29.4. The van der Waals surface area contributed by atoms with Gasteiger partial charge in [0.05, 0.1) is 23.1 Å². The van der Waals surface area contributed by atoms with E-state index in [1.54, 1.807) is 36.8 Å². The first kappa shape index (κ1) is 16.9. The number of benzene rings is 1. The zero-order chi connectivity index (χ0) is 19.6. The van der Waals surface area contributed by atoms with Crippen molar-refractivity contribution in [2.75, 3.05) is 5.32 Å². The first-order valence-electron chi connectivity index (χ1n) is 9.00. The summed E-state index contributed by atoms with van der Waals surface area (Å²) in [5, 5.41) is 14.7. The third-order valence-electron chi connectivity index (χ3n) is 5.37. The summed E-state index contributed by atoms with van der Waals surface area (Å²) in [4.78, 5) is 11.9. The Balaban J connectivity index is 1.58. The molecular weight excluding hydrogens is 364 g/mol. The molecule has 2 unspecified atom stereocenters. The Morgan fingerprint density at radius 3 is 2.86 bits per heavy atom. The second-order valence-electron chi connectivity index (χ2n) is 7.26. The van der Waals surface area contributed by atoms with Gasteiger partial charge in [-0.1, -0.05) is 0 Å². The lowest BCUT2D eigenvalue weighted by Crippen LogP contribution is -2.15. The van der Waals surface area contributed by atoms with Crippen molar-refractivity contribution in [1.29, 1.82) is 0 Å². The molecule has 5 rings (SSSR count). The maximum absolute atomic E-state index is 14.7. The number of aryl methyl sites for hydroxylation is 1. The number of carbonyl (C=O) groups excluding carboxylic acids is 1. The number of halogens is 2. The number of rotatable bonds is 3. The van der Waals surface area contributed by atoms with E-state index in [-0.39, 0.29) is 18.1 Å². The third kappa shape index (κ3) is 2.48. The summed E-state index contributed by atoms with van der Waals surface area (Å²) >= 11 is 0. The highest BCUT2D eigenvalue weighted by Gasteiger charge is 2.43. The molecule has 142 valence electrons. The molecule has 8 heteroatoms. The van der Waals surface area contributed by atoms with Crippen LogP contribution in [0.15, 0.2) is 30.6 Å². The number of pyridine rings is 1. The molecule has 4 aromatic rings. The van der Waals surface area contributed by atoms with Crippen molar-refractivity contribution in [1.82, 2.24) is 19.8 Å². The Kier molecular flexibility index (Phi) is 3.52. The van der Waals surface area contributed by atoms with Crippen LogP contribution in [-0.2, 0) is 4.79 Å². The number of hydrogen-bond donors (Lipinski definition) is 2. The van der Waals surface area contributed by atoms with Crippen LogP contribution in [0.25, 0.3) is 27.5 Å². The molecule has 0 saturated heterocycles. The second-order valence-corrected chi connectivity index (χ2v) is 7.26. The average molecular weight is 381 g/mol. The molecule has 1 aliphatic rings. The summed E-state index contributed by atoms with van der Waals surface area (Å²) in [5.41, 5.74) is 4.07. The highest BCUT2D eigenvalue weighted by molar-refractivity contribution is 5.99. The van der Waals surface area contributed by atoms with Crippen LogP contribution < -0.4 is 5.32 Å². The molecule has 0 aliphatic heterocycles. The highest BCUT2D eigenvalue weighted by atomic mass is 19.1. The first-order chi connectivity index (χ1) is 13.4. The number of nitrogens with one attached hydrogen (secondary N) is 2. The van der Waals surface area contributed by atoms with Gasteiger partial charge in [0, 0.05) is 23.2 Å².